The third-order valence-electron chi connectivity index (χ3n) is 8.29. The highest BCUT2D eigenvalue weighted by Gasteiger charge is 2.64. The van der Waals surface area contributed by atoms with Crippen LogP contribution < -0.4 is 5.32 Å². The van der Waals surface area contributed by atoms with E-state index in [4.69, 9.17) is 11.6 Å². The average molecular weight is 454 g/mol. The summed E-state index contributed by atoms with van der Waals surface area (Å²) in [5.74, 6) is 2.65. The zero-order valence-corrected chi connectivity index (χ0v) is 19.4. The van der Waals surface area contributed by atoms with Crippen LogP contribution in [0, 0.1) is 35.0 Å². The van der Waals surface area contributed by atoms with Gasteiger partial charge in [0.05, 0.1) is 11.2 Å². The first-order valence-electron chi connectivity index (χ1n) is 11.5. The molecule has 32 heavy (non-hydrogen) atoms. The molecule has 1 unspecified atom stereocenters. The van der Waals surface area contributed by atoms with Gasteiger partial charge in [0.25, 0.3) is 0 Å². The van der Waals surface area contributed by atoms with Crippen LogP contribution in [-0.4, -0.2) is 44.6 Å². The Morgan fingerprint density at radius 3 is 2.62 bits per heavy atom. The Labute approximate surface area is 192 Å². The van der Waals surface area contributed by atoms with Crippen molar-refractivity contribution in [2.75, 3.05) is 18.4 Å². The molecule has 2 saturated heterocycles. The van der Waals surface area contributed by atoms with E-state index in [1.807, 2.05) is 17.2 Å². The topological polar surface area (TPSA) is 80.1 Å². The summed E-state index contributed by atoms with van der Waals surface area (Å²) in [5.41, 5.74) is 3.23. The van der Waals surface area contributed by atoms with Crippen LogP contribution in [0.3, 0.4) is 0 Å². The summed E-state index contributed by atoms with van der Waals surface area (Å²) in [6, 6.07) is 1.88. The van der Waals surface area contributed by atoms with Gasteiger partial charge in [-0.25, -0.2) is 4.98 Å². The fraction of sp³-hybridized carbons (Fsp3) is 0.583. The van der Waals surface area contributed by atoms with Gasteiger partial charge in [-0.1, -0.05) is 25.4 Å². The number of amides is 2. The largest absolute Gasteiger partial charge is 0.342 e. The van der Waals surface area contributed by atoms with Gasteiger partial charge in [-0.05, 0) is 48.0 Å². The van der Waals surface area contributed by atoms with Crippen LogP contribution >= 0.6 is 11.6 Å². The number of halogens is 1. The Balaban J connectivity index is 1.20. The molecule has 5 heterocycles. The molecule has 2 aromatic heterocycles. The number of hydrogen-bond acceptors (Lipinski definition) is 4. The summed E-state index contributed by atoms with van der Waals surface area (Å²) >= 11 is 6.51. The Bertz CT molecular complexity index is 1130. The van der Waals surface area contributed by atoms with E-state index in [1.54, 1.807) is 13.1 Å². The molecule has 3 saturated carbocycles. The smallest absolute Gasteiger partial charge is 0.228 e. The summed E-state index contributed by atoms with van der Waals surface area (Å²) < 4.78 is 2.05. The standard InChI is InChI=1S/C24H28ClN5O2/c1-12(31)29-9-17-13-4-15(22(17)18(13)10-29)23(32)28-21-5-14(19(25)8-26-21)16-7-27-30-11-24(2,3)6-20(16)30/h5,7-8,13,15,17-18,22H,4,6,9-11H2,1-3H3,(H,26,28,32)/t13-,15-,17-,18+,22?/m1/s1. The molecular formula is C24H28ClN5O2. The van der Waals surface area contributed by atoms with Crippen molar-refractivity contribution in [3.8, 4) is 11.1 Å². The monoisotopic (exact) mass is 453 g/mol. The maximum atomic E-state index is 13.2. The summed E-state index contributed by atoms with van der Waals surface area (Å²) in [4.78, 5) is 31.2. The van der Waals surface area contributed by atoms with Crippen LogP contribution in [-0.2, 0) is 22.6 Å². The molecule has 8 heteroatoms. The number of aromatic nitrogens is 3. The molecule has 6 aliphatic rings. The van der Waals surface area contributed by atoms with E-state index in [0.29, 0.717) is 34.5 Å². The second-order valence-electron chi connectivity index (χ2n) is 10.9. The number of pyridine rings is 1. The third-order valence-corrected chi connectivity index (χ3v) is 8.59. The third kappa shape index (κ3) is 2.93. The van der Waals surface area contributed by atoms with Crippen LogP contribution in [0.15, 0.2) is 18.5 Å². The lowest BCUT2D eigenvalue weighted by Crippen LogP contribution is -2.59. The van der Waals surface area contributed by atoms with Crippen LogP contribution in [0.25, 0.3) is 11.1 Å². The van der Waals surface area contributed by atoms with Gasteiger partial charge in [0.2, 0.25) is 11.8 Å². The van der Waals surface area contributed by atoms with Gasteiger partial charge in [0.15, 0.2) is 0 Å². The van der Waals surface area contributed by atoms with Crippen LogP contribution in [0.1, 0.15) is 32.9 Å². The molecule has 2 aromatic rings. The van der Waals surface area contributed by atoms with Crippen molar-refractivity contribution in [2.45, 2.75) is 40.2 Å². The summed E-state index contributed by atoms with van der Waals surface area (Å²) in [6.07, 6.45) is 5.34. The predicted octanol–water partition coefficient (Wildman–Crippen LogP) is 3.48. The van der Waals surface area contributed by atoms with Gasteiger partial charge in [0, 0.05) is 55.5 Å². The minimum Gasteiger partial charge on any atom is -0.342 e. The second-order valence-corrected chi connectivity index (χ2v) is 11.3. The van der Waals surface area contributed by atoms with Crippen LogP contribution in [0.5, 0.6) is 0 Å². The van der Waals surface area contributed by atoms with Gasteiger partial charge in [-0.2, -0.15) is 5.10 Å². The molecular weight excluding hydrogens is 426 g/mol. The quantitative estimate of drug-likeness (QED) is 0.771. The van der Waals surface area contributed by atoms with Crippen molar-refractivity contribution < 1.29 is 9.59 Å². The molecule has 0 radical (unpaired) electrons. The zero-order chi connectivity index (χ0) is 22.4. The number of nitrogens with one attached hydrogen (secondary N) is 1. The fourth-order valence-electron chi connectivity index (χ4n) is 6.90. The lowest BCUT2D eigenvalue weighted by atomic mass is 9.59. The van der Waals surface area contributed by atoms with Crippen molar-refractivity contribution >= 4 is 29.2 Å². The molecule has 168 valence electrons. The normalized spacial score (nSPS) is 31.2. The fourth-order valence-corrected chi connectivity index (χ4v) is 7.10. The van der Waals surface area contributed by atoms with Crippen molar-refractivity contribution in [3.05, 3.63) is 29.2 Å². The Kier molecular flexibility index (Phi) is 4.29. The van der Waals surface area contributed by atoms with E-state index < -0.39 is 0 Å². The Morgan fingerprint density at radius 2 is 1.91 bits per heavy atom. The highest BCUT2D eigenvalue weighted by molar-refractivity contribution is 6.33. The number of piperidine rings is 2. The summed E-state index contributed by atoms with van der Waals surface area (Å²) in [6.45, 7) is 8.61. The minimum atomic E-state index is 0.00577. The van der Waals surface area contributed by atoms with Gasteiger partial charge in [-0.3, -0.25) is 14.3 Å². The number of carbonyl (C=O) groups excluding carboxylic acids is 2. The molecule has 0 spiro atoms. The molecule has 2 amide bonds. The van der Waals surface area contributed by atoms with Gasteiger partial charge >= 0.3 is 0 Å². The number of hydrogen-bond donors (Lipinski definition) is 1. The number of rotatable bonds is 3. The highest BCUT2D eigenvalue weighted by Crippen LogP contribution is 2.63. The van der Waals surface area contributed by atoms with Crippen molar-refractivity contribution in [3.63, 3.8) is 0 Å². The Hall–Kier alpha value is -2.41. The molecule has 0 aromatic carbocycles. The lowest BCUT2D eigenvalue weighted by Gasteiger charge is -2.54. The van der Waals surface area contributed by atoms with Gasteiger partial charge in [-0.15, -0.1) is 0 Å². The first-order valence-corrected chi connectivity index (χ1v) is 11.9. The van der Waals surface area contributed by atoms with E-state index in [0.717, 1.165) is 43.6 Å². The summed E-state index contributed by atoms with van der Waals surface area (Å²) in [5, 5.41) is 8.17. The van der Waals surface area contributed by atoms with Crippen LogP contribution in [0.4, 0.5) is 5.82 Å². The van der Waals surface area contributed by atoms with E-state index in [1.165, 1.54) is 5.69 Å². The maximum absolute atomic E-state index is 13.2. The van der Waals surface area contributed by atoms with E-state index in [2.05, 4.69) is 33.9 Å². The number of anilines is 1. The van der Waals surface area contributed by atoms with Crippen molar-refractivity contribution in [1.82, 2.24) is 19.7 Å². The first kappa shape index (κ1) is 20.2. The predicted molar refractivity (Wildman–Crippen MR) is 121 cm³/mol. The zero-order valence-electron chi connectivity index (χ0n) is 18.6. The molecule has 8 rings (SSSR count). The Morgan fingerprint density at radius 1 is 1.16 bits per heavy atom. The van der Waals surface area contributed by atoms with E-state index >= 15 is 0 Å². The number of fused-ring (bicyclic) bond motifs is 4. The highest BCUT2D eigenvalue weighted by atomic mass is 35.5. The lowest BCUT2D eigenvalue weighted by molar-refractivity contribution is -0.143. The van der Waals surface area contributed by atoms with Crippen molar-refractivity contribution in [1.29, 1.82) is 0 Å². The molecule has 7 nitrogen and oxygen atoms in total. The first-order chi connectivity index (χ1) is 15.2. The van der Waals surface area contributed by atoms with Crippen molar-refractivity contribution in [2.24, 2.45) is 35.0 Å². The molecule has 3 aliphatic carbocycles. The SMILES string of the molecule is CC(=O)N1C[C@@H]2C3[C@H](C(=O)Nc4cc(-c5cnn6c5CC(C)(C)C6)c(Cl)cn4)C[C@@H]2[C@H]3C1. The van der Waals surface area contributed by atoms with Crippen LogP contribution in [0.2, 0.25) is 5.02 Å². The molecule has 1 N–H and O–H groups in total. The van der Waals surface area contributed by atoms with E-state index in [9.17, 15) is 9.59 Å². The summed E-state index contributed by atoms with van der Waals surface area (Å²) in [7, 11) is 0. The second kappa shape index (κ2) is 6.80. The number of carbonyl (C=O) groups is 2. The van der Waals surface area contributed by atoms with Gasteiger partial charge in [0.1, 0.15) is 5.82 Å². The average Bonchev–Trinajstić information content (AvgIpc) is 3.48. The molecule has 5 atom stereocenters. The molecule has 4 bridgehead atoms. The van der Waals surface area contributed by atoms with Gasteiger partial charge < -0.3 is 10.2 Å². The van der Waals surface area contributed by atoms with E-state index in [-0.39, 0.29) is 23.1 Å². The number of nitrogens with zero attached hydrogens (tertiary/aromatic N) is 4. The molecule has 3 aliphatic heterocycles. The molecule has 5 fully saturated rings. The minimum absolute atomic E-state index is 0.00577. The maximum Gasteiger partial charge on any atom is 0.228 e.